The Hall–Kier alpha value is -0.265. The SMILES string of the molecule is B=C(O)CC(C)C(C)C. The second-order valence-electron chi connectivity index (χ2n) is 2.99. The van der Waals surface area contributed by atoms with Crippen molar-refractivity contribution >= 4 is 13.1 Å². The van der Waals surface area contributed by atoms with Crippen LogP contribution in [-0.4, -0.2) is 18.2 Å². The predicted octanol–water partition coefficient (Wildman–Crippen LogP) is 1.07. The molecule has 0 radical (unpaired) electrons. The van der Waals surface area contributed by atoms with Gasteiger partial charge in [-0.25, -0.2) is 0 Å². The van der Waals surface area contributed by atoms with Crippen LogP contribution in [0.1, 0.15) is 27.2 Å². The van der Waals surface area contributed by atoms with Crippen molar-refractivity contribution in [3.8, 4) is 0 Å². The van der Waals surface area contributed by atoms with Crippen molar-refractivity contribution in [2.75, 3.05) is 0 Å². The third-order valence-electron chi connectivity index (χ3n) is 1.70. The van der Waals surface area contributed by atoms with Gasteiger partial charge in [-0.1, -0.05) is 0 Å². The molecule has 0 heterocycles. The Balaban J connectivity index is 3.50. The molecule has 0 fully saturated rings. The third kappa shape index (κ3) is 4.25. The molecule has 2 heteroatoms. The molecular weight excluding hydrogens is 111 g/mol. The first kappa shape index (κ1) is 8.73. The maximum absolute atomic E-state index is 8.78. The molecule has 0 aromatic carbocycles. The summed E-state index contributed by atoms with van der Waals surface area (Å²) in [6.45, 7) is 6.41. The average Bonchev–Trinajstić information content (AvgIpc) is 1.63. The first-order valence-electron chi connectivity index (χ1n) is 3.40. The zero-order valence-corrected chi connectivity index (χ0v) is 6.52. The molecule has 0 amide bonds. The van der Waals surface area contributed by atoms with Crippen molar-refractivity contribution in [3.63, 3.8) is 0 Å². The predicted molar refractivity (Wildman–Crippen MR) is 42.7 cm³/mol. The molecule has 0 aromatic rings. The summed E-state index contributed by atoms with van der Waals surface area (Å²) in [7, 11) is 3.43. The van der Waals surface area contributed by atoms with Crippen molar-refractivity contribution in [2.24, 2.45) is 11.8 Å². The van der Waals surface area contributed by atoms with E-state index in [1.165, 1.54) is 0 Å². The topological polar surface area (TPSA) is 20.2 Å². The van der Waals surface area contributed by atoms with Gasteiger partial charge < -0.3 is 0 Å². The first-order chi connectivity index (χ1) is 4.04. The van der Waals surface area contributed by atoms with E-state index >= 15 is 0 Å². The van der Waals surface area contributed by atoms with E-state index in [4.69, 9.17) is 5.11 Å². The molecule has 0 rings (SSSR count). The summed E-state index contributed by atoms with van der Waals surface area (Å²) in [6, 6.07) is 0. The van der Waals surface area contributed by atoms with Crippen LogP contribution in [0.25, 0.3) is 0 Å². The molecule has 0 aliphatic heterocycles. The molecule has 1 N–H and O–H groups in total. The molecule has 9 heavy (non-hydrogen) atoms. The van der Waals surface area contributed by atoms with Crippen LogP contribution in [0, 0.1) is 11.8 Å². The molecular formula is C7H15BO. The van der Waals surface area contributed by atoms with E-state index < -0.39 is 0 Å². The average molecular weight is 126 g/mol. The molecule has 1 nitrogen and oxygen atoms in total. The minimum atomic E-state index is 0.302. The van der Waals surface area contributed by atoms with Crippen LogP contribution < -0.4 is 0 Å². The van der Waals surface area contributed by atoms with Crippen molar-refractivity contribution in [1.29, 1.82) is 0 Å². The van der Waals surface area contributed by atoms with Crippen LogP contribution in [0.4, 0.5) is 0 Å². The number of aliphatic hydroxyl groups is 1. The van der Waals surface area contributed by atoms with Gasteiger partial charge in [-0.05, 0) is 0 Å². The fourth-order valence-corrected chi connectivity index (χ4v) is 0.607. The van der Waals surface area contributed by atoms with Gasteiger partial charge in [0.1, 0.15) is 0 Å². The van der Waals surface area contributed by atoms with Gasteiger partial charge in [0.05, 0.1) is 0 Å². The fraction of sp³-hybridized carbons (Fsp3) is 0.857. The number of hydrogen-bond acceptors (Lipinski definition) is 1. The fourth-order valence-electron chi connectivity index (χ4n) is 0.607. The van der Waals surface area contributed by atoms with E-state index in [1.807, 2.05) is 0 Å². The number of aliphatic hydroxyl groups excluding tert-OH is 1. The summed E-state index contributed by atoms with van der Waals surface area (Å²) in [5.41, 5.74) is 0.302. The van der Waals surface area contributed by atoms with Gasteiger partial charge in [0.15, 0.2) is 0 Å². The molecule has 0 saturated carbocycles. The van der Waals surface area contributed by atoms with Crippen LogP contribution in [0.3, 0.4) is 0 Å². The minimum absolute atomic E-state index is 0.302. The molecule has 0 bridgehead atoms. The van der Waals surface area contributed by atoms with Crippen LogP contribution in [0.15, 0.2) is 0 Å². The molecule has 0 aliphatic rings. The van der Waals surface area contributed by atoms with Gasteiger partial charge in [-0.2, -0.15) is 0 Å². The van der Waals surface area contributed by atoms with E-state index in [2.05, 4.69) is 28.3 Å². The summed E-state index contributed by atoms with van der Waals surface area (Å²) in [4.78, 5) is 0. The van der Waals surface area contributed by atoms with Crippen LogP contribution >= 0.6 is 0 Å². The molecule has 0 spiro atoms. The van der Waals surface area contributed by atoms with Crippen molar-refractivity contribution in [1.82, 2.24) is 0 Å². The van der Waals surface area contributed by atoms with E-state index in [0.29, 0.717) is 17.5 Å². The zero-order valence-electron chi connectivity index (χ0n) is 6.52. The van der Waals surface area contributed by atoms with Gasteiger partial charge >= 0.3 is 57.3 Å². The van der Waals surface area contributed by atoms with Crippen molar-refractivity contribution in [2.45, 2.75) is 27.2 Å². The number of hydrogen-bond donors (Lipinski definition) is 1. The summed E-state index contributed by atoms with van der Waals surface area (Å²) in [5, 5.41) is 8.78. The van der Waals surface area contributed by atoms with Gasteiger partial charge in [-0.15, -0.1) is 0 Å². The normalized spacial score (nSPS) is 13.7. The third-order valence-corrected chi connectivity index (χ3v) is 1.70. The molecule has 1 unspecified atom stereocenters. The second-order valence-corrected chi connectivity index (χ2v) is 2.99. The van der Waals surface area contributed by atoms with Gasteiger partial charge in [0, 0.05) is 0 Å². The van der Waals surface area contributed by atoms with Crippen LogP contribution in [0.2, 0.25) is 0 Å². The maximum atomic E-state index is 8.78. The monoisotopic (exact) mass is 126 g/mol. The number of rotatable bonds is 3. The Bertz CT molecular complexity index is 99.1. The molecule has 0 saturated heterocycles. The Labute approximate surface area is 58.2 Å². The molecule has 0 aliphatic carbocycles. The Morgan fingerprint density at radius 3 is 2.00 bits per heavy atom. The van der Waals surface area contributed by atoms with Gasteiger partial charge in [0.25, 0.3) is 0 Å². The van der Waals surface area contributed by atoms with Gasteiger partial charge in [0.2, 0.25) is 0 Å². The Kier molecular flexibility index (Phi) is 3.59. The van der Waals surface area contributed by atoms with Crippen molar-refractivity contribution < 1.29 is 5.11 Å². The van der Waals surface area contributed by atoms with E-state index in [-0.39, 0.29) is 0 Å². The van der Waals surface area contributed by atoms with Crippen molar-refractivity contribution in [3.05, 3.63) is 0 Å². The summed E-state index contributed by atoms with van der Waals surface area (Å²) < 4.78 is 0. The second kappa shape index (κ2) is 3.70. The van der Waals surface area contributed by atoms with E-state index in [0.717, 1.165) is 6.42 Å². The summed E-state index contributed by atoms with van der Waals surface area (Å²) in [5.74, 6) is 1.18. The molecule has 52 valence electrons. The van der Waals surface area contributed by atoms with Crippen LogP contribution in [-0.2, 0) is 0 Å². The Morgan fingerprint density at radius 1 is 1.44 bits per heavy atom. The zero-order chi connectivity index (χ0) is 7.44. The van der Waals surface area contributed by atoms with Gasteiger partial charge in [-0.3, -0.25) is 0 Å². The van der Waals surface area contributed by atoms with E-state index in [1.54, 1.807) is 0 Å². The summed E-state index contributed by atoms with van der Waals surface area (Å²) in [6.07, 6.45) is 0.734. The quantitative estimate of drug-likeness (QED) is 0.560. The Morgan fingerprint density at radius 2 is 1.89 bits per heavy atom. The van der Waals surface area contributed by atoms with E-state index in [9.17, 15) is 0 Å². The first-order valence-corrected chi connectivity index (χ1v) is 3.40. The van der Waals surface area contributed by atoms with Crippen LogP contribution in [0.5, 0.6) is 0 Å². The summed E-state index contributed by atoms with van der Waals surface area (Å²) >= 11 is 0. The molecule has 0 aromatic heterocycles. The molecule has 1 atom stereocenters. The standard InChI is InChI=1S/C7H15BO/c1-5(2)6(3)4-7(8)9/h5-6,8-9H,4H2,1-3H3.